The Hall–Kier alpha value is -6.37. The van der Waals surface area contributed by atoms with E-state index in [0.717, 1.165) is 39.3 Å². The van der Waals surface area contributed by atoms with Gasteiger partial charge >= 0.3 is 0 Å². The van der Waals surface area contributed by atoms with Crippen LogP contribution in [0.1, 0.15) is 120 Å². The Morgan fingerprint density at radius 1 is 0.671 bits per heavy atom. The smallest absolute Gasteiger partial charge is 0.274 e. The van der Waals surface area contributed by atoms with Crippen molar-refractivity contribution in [2.45, 2.75) is 93.9 Å². The molecule has 2 aliphatic rings. The number of aromatic amines is 2. The van der Waals surface area contributed by atoms with Crippen LogP contribution in [-0.4, -0.2) is 102 Å². The molecule has 4 unspecified atom stereocenters. The van der Waals surface area contributed by atoms with Crippen LogP contribution in [0.3, 0.4) is 0 Å². The molecule has 392 valence electrons. The van der Waals surface area contributed by atoms with Crippen LogP contribution in [0.25, 0.3) is 0 Å². The highest BCUT2D eigenvalue weighted by atomic mass is 35.5. The largest absolute Gasteiger partial charge is 0.346 e. The van der Waals surface area contributed by atoms with Crippen LogP contribution in [0, 0.1) is 37.3 Å². The second-order valence-electron chi connectivity index (χ2n) is 18.2. The topological polar surface area (TPSA) is 199 Å². The van der Waals surface area contributed by atoms with Crippen molar-refractivity contribution in [1.82, 2.24) is 50.4 Å². The molecular formula is C55H72ClF2N11O4. The molecule has 6 aromatic rings. The summed E-state index contributed by atoms with van der Waals surface area (Å²) in [5.74, 6) is 1.14. The van der Waals surface area contributed by atoms with Crippen LogP contribution in [0.5, 0.6) is 0 Å². The predicted molar refractivity (Wildman–Crippen MR) is 284 cm³/mol. The third-order valence-electron chi connectivity index (χ3n) is 12.9. The third-order valence-corrected chi connectivity index (χ3v) is 13.1. The Balaban J connectivity index is 0.000000242. The number of amides is 1. The number of aromatic nitrogens is 6. The van der Waals surface area contributed by atoms with Crippen molar-refractivity contribution >= 4 is 22.8 Å². The van der Waals surface area contributed by atoms with E-state index in [-0.39, 0.29) is 60.7 Å². The van der Waals surface area contributed by atoms with Crippen molar-refractivity contribution in [3.05, 3.63) is 186 Å². The van der Waals surface area contributed by atoms with E-state index in [1.807, 2.05) is 24.3 Å². The number of likely N-dealkylation sites (tertiary alicyclic amines) is 2. The number of benzene rings is 4. The Bertz CT molecular complexity index is 2790. The maximum absolute atomic E-state index is 13.2. The number of H-pyrrole nitrogens is 2. The van der Waals surface area contributed by atoms with E-state index in [9.17, 15) is 28.0 Å². The average Bonchev–Trinajstić information content (AvgIpc) is 3.92. The number of nitrogens with zero attached hydrogens (tertiary/aromatic N) is 7. The summed E-state index contributed by atoms with van der Waals surface area (Å²) in [6.45, 7) is 23.2. The molecule has 8 rings (SSSR count). The molecule has 15 nitrogen and oxygen atoms in total. The van der Waals surface area contributed by atoms with Crippen LogP contribution >= 0.6 is 11.6 Å². The van der Waals surface area contributed by atoms with E-state index in [1.165, 1.54) is 67.2 Å². The normalized spacial score (nSPS) is 17.3. The summed E-state index contributed by atoms with van der Waals surface area (Å²) in [7, 11) is 0. The molecule has 2 aliphatic heterocycles. The fourth-order valence-electron chi connectivity index (χ4n) is 8.78. The van der Waals surface area contributed by atoms with Gasteiger partial charge in [-0.1, -0.05) is 103 Å². The lowest BCUT2D eigenvalue weighted by atomic mass is 9.97. The maximum atomic E-state index is 13.2. The minimum atomic E-state index is -0.553. The van der Waals surface area contributed by atoms with E-state index >= 15 is 0 Å². The first-order valence-corrected chi connectivity index (χ1v) is 24.8. The summed E-state index contributed by atoms with van der Waals surface area (Å²) in [6.07, 6.45) is 0. The van der Waals surface area contributed by atoms with Gasteiger partial charge in [-0.25, -0.2) is 8.78 Å². The van der Waals surface area contributed by atoms with Gasteiger partial charge in [0, 0.05) is 68.8 Å². The van der Waals surface area contributed by atoms with Gasteiger partial charge < -0.3 is 25.9 Å². The fourth-order valence-corrected chi connectivity index (χ4v) is 8.99. The maximum Gasteiger partial charge on any atom is 0.274 e. The van der Waals surface area contributed by atoms with E-state index < -0.39 is 17.0 Å². The Kier molecular flexibility index (Phi) is 23.8. The SMILES string of the molecule is C.CC1CN(Cc2ccccc2)CC1c1nnc(CN)c(=O)[nH]1.CCN(CC)CC.Cc1cc(F)ccc1C(=O)Cl.Cc1cc(F)ccc1C(=O)NCc1nnc(C2CN(Cc3ccccc3)CC2C)[nH]c1=O. The van der Waals surface area contributed by atoms with E-state index in [2.05, 4.69) is 121 Å². The van der Waals surface area contributed by atoms with Crippen molar-refractivity contribution in [1.29, 1.82) is 0 Å². The summed E-state index contributed by atoms with van der Waals surface area (Å²) in [4.78, 5) is 60.2. The molecule has 18 heteroatoms. The van der Waals surface area contributed by atoms with Gasteiger partial charge in [0.2, 0.25) is 0 Å². The number of halogens is 3. The lowest BCUT2D eigenvalue weighted by molar-refractivity contribution is 0.0949. The molecule has 4 aromatic carbocycles. The minimum Gasteiger partial charge on any atom is -0.346 e. The lowest BCUT2D eigenvalue weighted by Crippen LogP contribution is -2.30. The van der Waals surface area contributed by atoms with Gasteiger partial charge in [-0.15, -0.1) is 20.4 Å². The van der Waals surface area contributed by atoms with Crippen LogP contribution < -0.4 is 22.2 Å². The predicted octanol–water partition coefficient (Wildman–Crippen LogP) is 8.13. The van der Waals surface area contributed by atoms with Crippen LogP contribution in [-0.2, 0) is 26.2 Å². The summed E-state index contributed by atoms with van der Waals surface area (Å²) >= 11 is 5.20. The van der Waals surface area contributed by atoms with Gasteiger partial charge in [-0.2, -0.15) is 0 Å². The molecule has 2 fully saturated rings. The average molecular weight is 1020 g/mol. The second kappa shape index (κ2) is 29.4. The molecule has 0 aliphatic carbocycles. The van der Waals surface area contributed by atoms with Gasteiger partial charge in [0.15, 0.2) is 0 Å². The van der Waals surface area contributed by atoms with Gasteiger partial charge in [-0.05, 0) is 116 Å². The second-order valence-corrected chi connectivity index (χ2v) is 18.5. The van der Waals surface area contributed by atoms with Crippen molar-refractivity contribution in [3.8, 4) is 0 Å². The number of rotatable bonds is 14. The molecular weight excluding hydrogens is 952 g/mol. The monoisotopic (exact) mass is 1020 g/mol. The summed E-state index contributed by atoms with van der Waals surface area (Å²) in [5, 5.41) is 18.6. The number of nitrogens with one attached hydrogen (secondary N) is 3. The van der Waals surface area contributed by atoms with Gasteiger partial charge in [0.05, 0.1) is 6.54 Å². The third kappa shape index (κ3) is 17.7. The first kappa shape index (κ1) is 59.2. The number of aryl methyl sites for hydroxylation is 2. The molecule has 0 saturated carbocycles. The Morgan fingerprint density at radius 3 is 1.47 bits per heavy atom. The highest BCUT2D eigenvalue weighted by Gasteiger charge is 2.34. The van der Waals surface area contributed by atoms with Crippen molar-refractivity contribution in [2.24, 2.45) is 17.6 Å². The number of nitrogens with two attached hydrogens (primary N) is 1. The minimum absolute atomic E-state index is 0. The molecule has 4 heterocycles. The number of carbonyl (C=O) groups is 2. The summed E-state index contributed by atoms with van der Waals surface area (Å²) < 4.78 is 25.7. The van der Waals surface area contributed by atoms with Crippen LogP contribution in [0.15, 0.2) is 107 Å². The molecule has 5 N–H and O–H groups in total. The molecule has 0 radical (unpaired) electrons. The molecule has 2 aromatic heterocycles. The number of hydrogen-bond acceptors (Lipinski definition) is 12. The molecule has 1 amide bonds. The van der Waals surface area contributed by atoms with Crippen molar-refractivity contribution in [3.63, 3.8) is 0 Å². The van der Waals surface area contributed by atoms with Crippen molar-refractivity contribution < 1.29 is 18.4 Å². The lowest BCUT2D eigenvalue weighted by Gasteiger charge is -2.15. The molecule has 73 heavy (non-hydrogen) atoms. The Morgan fingerprint density at radius 2 is 1.10 bits per heavy atom. The zero-order valence-corrected chi connectivity index (χ0v) is 43.1. The van der Waals surface area contributed by atoms with E-state index in [4.69, 9.17) is 17.3 Å². The Labute approximate surface area is 433 Å². The van der Waals surface area contributed by atoms with E-state index in [0.29, 0.717) is 45.7 Å². The van der Waals surface area contributed by atoms with Crippen molar-refractivity contribution in [2.75, 3.05) is 45.8 Å². The highest BCUT2D eigenvalue weighted by Crippen LogP contribution is 2.32. The van der Waals surface area contributed by atoms with Crippen LogP contribution in [0.2, 0.25) is 0 Å². The molecule has 0 bridgehead atoms. The standard InChI is InChI=1S/C24H26FN5O2.C16H21N5O.C8H6ClFO.C6H15N.CH4/c1-15-10-18(25)8-9-19(15)23(31)26-11-21-24(32)27-22(29-28-21)20-14-30(12-16(20)2)13-17-6-4-3-5-7-17;1-11-8-21(9-12-5-3-2-4-6-12)10-13(11)15-18-16(22)14(7-17)19-20-15;1-5-4-6(10)2-3-7(5)8(9)11;1-4-7(5-2)6-3;/h3-10,16,20H,11-14H2,1-2H3,(H,26,31)(H,27,29,32);2-6,11,13H,7-10,17H2,1H3,(H,18,20,22);2-4H,1H3;4-6H2,1-3H3;1H4. The first-order chi connectivity index (χ1) is 34.5. The number of carbonyl (C=O) groups excluding carboxylic acids is 2. The summed E-state index contributed by atoms with van der Waals surface area (Å²) in [6, 6.07) is 28.5. The quantitative estimate of drug-likeness (QED) is 0.0766. The summed E-state index contributed by atoms with van der Waals surface area (Å²) in [5.41, 5.74) is 9.64. The zero-order chi connectivity index (χ0) is 52.3. The van der Waals surface area contributed by atoms with Gasteiger partial charge in [0.1, 0.15) is 34.7 Å². The van der Waals surface area contributed by atoms with Gasteiger partial charge in [-0.3, -0.25) is 29.0 Å². The first-order valence-electron chi connectivity index (χ1n) is 24.4. The highest BCUT2D eigenvalue weighted by molar-refractivity contribution is 6.67. The molecule has 4 atom stereocenters. The molecule has 0 spiro atoms. The van der Waals surface area contributed by atoms with Crippen LogP contribution in [0.4, 0.5) is 8.78 Å². The van der Waals surface area contributed by atoms with E-state index in [1.54, 1.807) is 13.8 Å². The number of hydrogen-bond donors (Lipinski definition) is 4. The zero-order valence-electron chi connectivity index (χ0n) is 42.3. The molecule has 2 saturated heterocycles. The van der Waals surface area contributed by atoms with Gasteiger partial charge in [0.25, 0.3) is 22.3 Å². The fraction of sp³-hybridized carbons (Fsp3) is 0.418.